The topological polar surface area (TPSA) is 96.5 Å². The first-order valence-corrected chi connectivity index (χ1v) is 7.12. The number of hydrogen-bond donors (Lipinski definition) is 3. The van der Waals surface area contributed by atoms with Crippen LogP contribution in [0.2, 0.25) is 0 Å². The normalized spacial score (nSPS) is 13.2. The Kier molecular flexibility index (Phi) is 5.15. The predicted molar refractivity (Wildman–Crippen MR) is 77.1 cm³/mol. The van der Waals surface area contributed by atoms with Crippen molar-refractivity contribution in [2.75, 3.05) is 6.61 Å². The van der Waals surface area contributed by atoms with Crippen LogP contribution in [0.15, 0.2) is 28.7 Å². The van der Waals surface area contributed by atoms with Crippen molar-refractivity contribution in [3.8, 4) is 5.75 Å². The summed E-state index contributed by atoms with van der Waals surface area (Å²) < 4.78 is 6.10. The third-order valence-electron chi connectivity index (χ3n) is 2.62. The second-order valence-electron chi connectivity index (χ2n) is 4.49. The molecule has 1 saturated carbocycles. The maximum atomic E-state index is 11.5. The maximum Gasteiger partial charge on any atom is 0.327 e. The van der Waals surface area contributed by atoms with E-state index >= 15 is 0 Å². The number of hydrazine groups is 1. The number of ether oxygens (including phenoxy) is 1. The van der Waals surface area contributed by atoms with Crippen molar-refractivity contribution in [3.63, 3.8) is 0 Å². The van der Waals surface area contributed by atoms with Crippen molar-refractivity contribution in [2.45, 2.75) is 18.9 Å². The van der Waals surface area contributed by atoms with E-state index in [2.05, 4.69) is 26.7 Å². The van der Waals surface area contributed by atoms with E-state index in [1.807, 2.05) is 5.43 Å². The van der Waals surface area contributed by atoms with Gasteiger partial charge in [-0.3, -0.25) is 25.2 Å². The van der Waals surface area contributed by atoms with E-state index < -0.39 is 17.7 Å². The van der Waals surface area contributed by atoms with E-state index in [-0.39, 0.29) is 12.6 Å². The maximum absolute atomic E-state index is 11.5. The minimum absolute atomic E-state index is 0.0830. The van der Waals surface area contributed by atoms with E-state index in [4.69, 9.17) is 4.74 Å². The van der Waals surface area contributed by atoms with Gasteiger partial charge in [-0.1, -0.05) is 15.9 Å². The molecule has 7 nitrogen and oxygen atoms in total. The van der Waals surface area contributed by atoms with Gasteiger partial charge in [0.2, 0.25) is 0 Å². The summed E-state index contributed by atoms with van der Waals surface area (Å²) in [5.74, 6) is -1.71. The molecule has 2 rings (SSSR count). The Morgan fingerprint density at radius 2 is 1.76 bits per heavy atom. The Morgan fingerprint density at radius 3 is 2.38 bits per heavy atom. The minimum atomic E-state index is -0.904. The van der Waals surface area contributed by atoms with Gasteiger partial charge < -0.3 is 10.1 Å². The largest absolute Gasteiger partial charge is 0.484 e. The highest BCUT2D eigenvalue weighted by Gasteiger charge is 2.26. The van der Waals surface area contributed by atoms with Crippen LogP contribution in [0.1, 0.15) is 12.8 Å². The standard InChI is InChI=1S/C13H14BrN3O4/c14-8-1-5-10(6-2-8)21-7-11(18)16-17-13(20)12(19)15-9-3-4-9/h1-2,5-6,9H,3-4,7H2,(H,15,19)(H,16,18)(H,17,20). The summed E-state index contributed by atoms with van der Waals surface area (Å²) in [5, 5.41) is 2.50. The molecule has 3 N–H and O–H groups in total. The van der Waals surface area contributed by atoms with Crippen molar-refractivity contribution >= 4 is 33.7 Å². The van der Waals surface area contributed by atoms with Gasteiger partial charge in [-0.05, 0) is 37.1 Å². The summed E-state index contributed by atoms with van der Waals surface area (Å²) in [6.45, 7) is -0.272. The molecule has 1 aromatic rings. The summed E-state index contributed by atoms with van der Waals surface area (Å²) >= 11 is 3.28. The zero-order valence-corrected chi connectivity index (χ0v) is 12.6. The number of nitrogens with one attached hydrogen (secondary N) is 3. The summed E-state index contributed by atoms with van der Waals surface area (Å²) in [6.07, 6.45) is 1.76. The van der Waals surface area contributed by atoms with Gasteiger partial charge in [0.25, 0.3) is 5.91 Å². The average molecular weight is 356 g/mol. The van der Waals surface area contributed by atoms with Crippen molar-refractivity contribution < 1.29 is 19.1 Å². The van der Waals surface area contributed by atoms with Crippen LogP contribution in [0.3, 0.4) is 0 Å². The van der Waals surface area contributed by atoms with Crippen LogP contribution in [-0.4, -0.2) is 30.4 Å². The van der Waals surface area contributed by atoms with Gasteiger partial charge in [-0.25, -0.2) is 0 Å². The molecule has 0 aromatic heterocycles. The highest BCUT2D eigenvalue weighted by molar-refractivity contribution is 9.10. The fourth-order valence-corrected chi connectivity index (χ4v) is 1.64. The van der Waals surface area contributed by atoms with E-state index in [0.29, 0.717) is 5.75 Å². The van der Waals surface area contributed by atoms with Crippen LogP contribution in [0.5, 0.6) is 5.75 Å². The number of rotatable bonds is 4. The van der Waals surface area contributed by atoms with Gasteiger partial charge in [0.1, 0.15) is 5.75 Å². The first-order valence-electron chi connectivity index (χ1n) is 6.32. The van der Waals surface area contributed by atoms with Gasteiger partial charge in [-0.15, -0.1) is 0 Å². The minimum Gasteiger partial charge on any atom is -0.484 e. The predicted octanol–water partition coefficient (Wildman–Crippen LogP) is 0.254. The van der Waals surface area contributed by atoms with E-state index in [1.54, 1.807) is 24.3 Å². The number of benzene rings is 1. The Labute approximate surface area is 129 Å². The quantitative estimate of drug-likeness (QED) is 0.532. The second kappa shape index (κ2) is 7.07. The number of carbonyl (C=O) groups excluding carboxylic acids is 3. The Balaban J connectivity index is 1.65. The fraction of sp³-hybridized carbons (Fsp3) is 0.308. The summed E-state index contributed by atoms with van der Waals surface area (Å²) in [6, 6.07) is 7.02. The highest BCUT2D eigenvalue weighted by Crippen LogP contribution is 2.18. The molecule has 3 amide bonds. The molecule has 112 valence electrons. The van der Waals surface area contributed by atoms with Gasteiger partial charge in [0.15, 0.2) is 6.61 Å². The average Bonchev–Trinajstić information content (AvgIpc) is 3.28. The van der Waals surface area contributed by atoms with Crippen LogP contribution < -0.4 is 20.9 Å². The first kappa shape index (κ1) is 15.3. The third-order valence-corrected chi connectivity index (χ3v) is 3.15. The molecule has 0 saturated heterocycles. The van der Waals surface area contributed by atoms with Crippen molar-refractivity contribution in [1.82, 2.24) is 16.2 Å². The van der Waals surface area contributed by atoms with Gasteiger partial charge >= 0.3 is 11.8 Å². The van der Waals surface area contributed by atoms with Crippen LogP contribution in [0.4, 0.5) is 0 Å². The Hall–Kier alpha value is -2.09. The van der Waals surface area contributed by atoms with Crippen molar-refractivity contribution in [2.24, 2.45) is 0 Å². The molecule has 1 aliphatic rings. The molecule has 0 atom stereocenters. The monoisotopic (exact) mass is 355 g/mol. The lowest BCUT2D eigenvalue weighted by Crippen LogP contribution is -2.50. The number of halogens is 1. The fourth-order valence-electron chi connectivity index (χ4n) is 1.38. The molecule has 0 radical (unpaired) electrons. The lowest BCUT2D eigenvalue weighted by Gasteiger charge is -2.08. The van der Waals surface area contributed by atoms with Crippen LogP contribution >= 0.6 is 15.9 Å². The number of carbonyl (C=O) groups is 3. The molecule has 1 aliphatic carbocycles. The van der Waals surface area contributed by atoms with Crippen molar-refractivity contribution in [3.05, 3.63) is 28.7 Å². The summed E-state index contributed by atoms with van der Waals surface area (Å²) in [5.41, 5.74) is 4.13. The van der Waals surface area contributed by atoms with Gasteiger partial charge in [-0.2, -0.15) is 0 Å². The molecule has 0 aliphatic heterocycles. The smallest absolute Gasteiger partial charge is 0.327 e. The molecule has 1 aromatic carbocycles. The molecule has 0 bridgehead atoms. The number of amides is 3. The Morgan fingerprint density at radius 1 is 1.10 bits per heavy atom. The molecular weight excluding hydrogens is 342 g/mol. The molecule has 0 heterocycles. The molecule has 21 heavy (non-hydrogen) atoms. The molecular formula is C13H14BrN3O4. The van der Waals surface area contributed by atoms with Crippen LogP contribution in [-0.2, 0) is 14.4 Å². The van der Waals surface area contributed by atoms with E-state index in [1.165, 1.54) is 0 Å². The van der Waals surface area contributed by atoms with Crippen LogP contribution in [0, 0.1) is 0 Å². The summed E-state index contributed by atoms with van der Waals surface area (Å²) in [7, 11) is 0. The van der Waals surface area contributed by atoms with Crippen molar-refractivity contribution in [1.29, 1.82) is 0 Å². The SMILES string of the molecule is O=C(COc1ccc(Br)cc1)NNC(=O)C(=O)NC1CC1. The molecule has 0 unspecified atom stereocenters. The first-order chi connectivity index (χ1) is 10.0. The zero-order valence-electron chi connectivity index (χ0n) is 11.0. The Bertz CT molecular complexity index is 543. The molecule has 0 spiro atoms. The van der Waals surface area contributed by atoms with E-state index in [9.17, 15) is 14.4 Å². The lowest BCUT2D eigenvalue weighted by atomic mass is 10.3. The van der Waals surface area contributed by atoms with Gasteiger partial charge in [0.05, 0.1) is 0 Å². The lowest BCUT2D eigenvalue weighted by molar-refractivity contribution is -0.141. The van der Waals surface area contributed by atoms with Gasteiger partial charge in [0, 0.05) is 10.5 Å². The number of hydrogen-bond acceptors (Lipinski definition) is 4. The van der Waals surface area contributed by atoms with Crippen LogP contribution in [0.25, 0.3) is 0 Å². The summed E-state index contributed by atoms with van der Waals surface area (Å²) in [4.78, 5) is 34.1. The zero-order chi connectivity index (χ0) is 15.2. The van der Waals surface area contributed by atoms with E-state index in [0.717, 1.165) is 17.3 Å². The third kappa shape index (κ3) is 5.42. The molecule has 8 heteroatoms. The highest BCUT2D eigenvalue weighted by atomic mass is 79.9. The second-order valence-corrected chi connectivity index (χ2v) is 5.41. The molecule has 1 fully saturated rings.